The van der Waals surface area contributed by atoms with Crippen molar-refractivity contribution in [3.05, 3.63) is 133 Å². The molecule has 0 amide bonds. The van der Waals surface area contributed by atoms with Crippen molar-refractivity contribution in [3.8, 4) is 33.4 Å². The van der Waals surface area contributed by atoms with Crippen LogP contribution < -0.4 is 0 Å². The second-order valence-electron chi connectivity index (χ2n) is 9.60. The number of benzene rings is 6. The van der Waals surface area contributed by atoms with Crippen LogP contribution in [0.3, 0.4) is 0 Å². The van der Waals surface area contributed by atoms with Crippen molar-refractivity contribution in [1.82, 2.24) is 0 Å². The molecule has 0 N–H and O–H groups in total. The fourth-order valence-corrected chi connectivity index (χ4v) is 5.18. The fourth-order valence-electron chi connectivity index (χ4n) is 5.18. The van der Waals surface area contributed by atoms with Crippen LogP contribution in [0.15, 0.2) is 127 Å². The number of fused-ring (bicyclic) bond motifs is 2. The first kappa shape index (κ1) is 21.4. The Bertz CT molecular complexity index is 1620. The average molecular weight is 449 g/mol. The van der Waals surface area contributed by atoms with Gasteiger partial charge >= 0.3 is 0 Å². The van der Waals surface area contributed by atoms with Crippen LogP contribution in [0.4, 0.5) is 0 Å². The van der Waals surface area contributed by atoms with Crippen LogP contribution in [0.2, 0.25) is 0 Å². The van der Waals surface area contributed by atoms with Gasteiger partial charge in [0.2, 0.25) is 0 Å². The Kier molecular flexibility index (Phi) is 5.43. The van der Waals surface area contributed by atoms with Gasteiger partial charge in [0.1, 0.15) is 0 Å². The van der Waals surface area contributed by atoms with Gasteiger partial charge in [-0.2, -0.15) is 0 Å². The second kappa shape index (κ2) is 8.89. The summed E-state index contributed by atoms with van der Waals surface area (Å²) in [6.45, 7) is 4.50. The maximum absolute atomic E-state index is 2.38. The summed E-state index contributed by atoms with van der Waals surface area (Å²) in [5.74, 6) is 0.508. The molecule has 0 heteroatoms. The Morgan fingerprint density at radius 2 is 0.971 bits per heavy atom. The molecule has 0 bridgehead atoms. The molecular formula is C35H28. The molecule has 168 valence electrons. The molecule has 0 aliphatic carbocycles. The monoisotopic (exact) mass is 448 g/mol. The summed E-state index contributed by atoms with van der Waals surface area (Å²) >= 11 is 0. The van der Waals surface area contributed by atoms with Crippen LogP contribution in [-0.2, 0) is 0 Å². The zero-order valence-electron chi connectivity index (χ0n) is 20.2. The molecule has 0 spiro atoms. The van der Waals surface area contributed by atoms with E-state index >= 15 is 0 Å². The van der Waals surface area contributed by atoms with Gasteiger partial charge in [-0.15, -0.1) is 0 Å². The number of hydrogen-bond acceptors (Lipinski definition) is 0. The van der Waals surface area contributed by atoms with Crippen molar-refractivity contribution in [3.63, 3.8) is 0 Å². The van der Waals surface area contributed by atoms with E-state index in [9.17, 15) is 0 Å². The summed E-state index contributed by atoms with van der Waals surface area (Å²) in [6.07, 6.45) is 0. The molecule has 0 aromatic heterocycles. The predicted molar refractivity (Wildman–Crippen MR) is 152 cm³/mol. The third-order valence-electron chi connectivity index (χ3n) is 7.02. The van der Waals surface area contributed by atoms with Crippen molar-refractivity contribution >= 4 is 21.5 Å². The van der Waals surface area contributed by atoms with E-state index in [1.165, 1.54) is 60.5 Å². The van der Waals surface area contributed by atoms with Gasteiger partial charge in [-0.25, -0.2) is 0 Å². The Labute approximate surface area is 207 Å². The normalized spacial score (nSPS) is 11.4. The van der Waals surface area contributed by atoms with E-state index in [0.717, 1.165) is 0 Å². The SMILES string of the molecule is CC(C)c1ccc(-c2c(-c3ccccc3)c(-c3ccccc3)cc3cc4ccccc4cc23)cc1. The minimum absolute atomic E-state index is 0.508. The highest BCUT2D eigenvalue weighted by atomic mass is 14.2. The van der Waals surface area contributed by atoms with Crippen LogP contribution in [0.1, 0.15) is 25.3 Å². The maximum Gasteiger partial charge on any atom is -0.00203 e. The Hall–Kier alpha value is -4.16. The molecular weight excluding hydrogens is 420 g/mol. The lowest BCUT2D eigenvalue weighted by Crippen LogP contribution is -1.94. The van der Waals surface area contributed by atoms with Gasteiger partial charge in [0.25, 0.3) is 0 Å². The molecule has 6 rings (SSSR count). The fraction of sp³-hybridized carbons (Fsp3) is 0.0857. The summed E-state index contributed by atoms with van der Waals surface area (Å²) in [6, 6.07) is 46.6. The molecule has 6 aromatic carbocycles. The van der Waals surface area contributed by atoms with Crippen molar-refractivity contribution in [2.75, 3.05) is 0 Å². The lowest BCUT2D eigenvalue weighted by Gasteiger charge is -2.20. The van der Waals surface area contributed by atoms with Crippen molar-refractivity contribution in [2.45, 2.75) is 19.8 Å². The van der Waals surface area contributed by atoms with E-state index in [2.05, 4.69) is 141 Å². The van der Waals surface area contributed by atoms with Crippen LogP contribution in [0.25, 0.3) is 54.9 Å². The van der Waals surface area contributed by atoms with Crippen molar-refractivity contribution < 1.29 is 0 Å². The lowest BCUT2D eigenvalue weighted by molar-refractivity contribution is 0.867. The average Bonchev–Trinajstić information content (AvgIpc) is 2.92. The summed E-state index contributed by atoms with van der Waals surface area (Å²) < 4.78 is 0. The van der Waals surface area contributed by atoms with Gasteiger partial charge < -0.3 is 0 Å². The smallest absolute Gasteiger partial charge is 0.00203 e. The first-order chi connectivity index (χ1) is 17.2. The van der Waals surface area contributed by atoms with Gasteiger partial charge in [0.05, 0.1) is 0 Å². The first-order valence-electron chi connectivity index (χ1n) is 12.4. The largest absolute Gasteiger partial charge is 0.0622 e. The van der Waals surface area contributed by atoms with E-state index in [0.29, 0.717) is 5.92 Å². The predicted octanol–water partition coefficient (Wildman–Crippen LogP) is 10.1. The van der Waals surface area contributed by atoms with Gasteiger partial charge in [-0.1, -0.05) is 123 Å². The molecule has 0 heterocycles. The summed E-state index contributed by atoms with van der Waals surface area (Å²) in [4.78, 5) is 0. The van der Waals surface area contributed by atoms with Gasteiger partial charge in [0.15, 0.2) is 0 Å². The second-order valence-corrected chi connectivity index (χ2v) is 9.60. The van der Waals surface area contributed by atoms with Crippen molar-refractivity contribution in [1.29, 1.82) is 0 Å². The standard InChI is InChI=1S/C35H28/c1-24(2)25-17-19-28(20-18-25)35-33-22-30-16-10-9-15-29(30)21-31(33)23-32(26-11-5-3-6-12-26)34(35)27-13-7-4-8-14-27/h3-24H,1-2H3. The number of rotatable bonds is 4. The van der Waals surface area contributed by atoms with Crippen LogP contribution >= 0.6 is 0 Å². The van der Waals surface area contributed by atoms with Crippen molar-refractivity contribution in [2.24, 2.45) is 0 Å². The third kappa shape index (κ3) is 3.92. The Morgan fingerprint density at radius 1 is 0.429 bits per heavy atom. The molecule has 0 nitrogen and oxygen atoms in total. The molecule has 6 aromatic rings. The van der Waals surface area contributed by atoms with Crippen LogP contribution in [0.5, 0.6) is 0 Å². The molecule has 0 saturated carbocycles. The molecule has 0 aliphatic heterocycles. The molecule has 0 unspecified atom stereocenters. The highest BCUT2D eigenvalue weighted by molar-refractivity contribution is 6.13. The minimum atomic E-state index is 0.508. The van der Waals surface area contributed by atoms with Gasteiger partial charge in [0, 0.05) is 0 Å². The van der Waals surface area contributed by atoms with Crippen LogP contribution in [0, 0.1) is 0 Å². The zero-order valence-corrected chi connectivity index (χ0v) is 20.2. The molecule has 35 heavy (non-hydrogen) atoms. The quantitative estimate of drug-likeness (QED) is 0.235. The Balaban J connectivity index is 1.78. The summed E-state index contributed by atoms with van der Waals surface area (Å²) in [5, 5.41) is 5.10. The Morgan fingerprint density at radius 3 is 1.60 bits per heavy atom. The molecule has 0 atom stereocenters. The van der Waals surface area contributed by atoms with E-state index in [1.54, 1.807) is 0 Å². The van der Waals surface area contributed by atoms with E-state index in [4.69, 9.17) is 0 Å². The van der Waals surface area contributed by atoms with E-state index in [-0.39, 0.29) is 0 Å². The van der Waals surface area contributed by atoms with E-state index in [1.807, 2.05) is 0 Å². The zero-order chi connectivity index (χ0) is 23.8. The molecule has 0 aliphatic rings. The molecule has 0 fully saturated rings. The summed E-state index contributed by atoms with van der Waals surface area (Å²) in [5.41, 5.74) is 8.95. The third-order valence-corrected chi connectivity index (χ3v) is 7.02. The van der Waals surface area contributed by atoms with Gasteiger partial charge in [-0.05, 0) is 84.6 Å². The highest BCUT2D eigenvalue weighted by Gasteiger charge is 2.19. The summed E-state index contributed by atoms with van der Waals surface area (Å²) in [7, 11) is 0. The van der Waals surface area contributed by atoms with Crippen LogP contribution in [-0.4, -0.2) is 0 Å². The van der Waals surface area contributed by atoms with Gasteiger partial charge in [-0.3, -0.25) is 0 Å². The minimum Gasteiger partial charge on any atom is -0.0622 e. The topological polar surface area (TPSA) is 0 Å². The maximum atomic E-state index is 2.38. The van der Waals surface area contributed by atoms with E-state index < -0.39 is 0 Å². The lowest BCUT2D eigenvalue weighted by atomic mass is 9.83. The molecule has 0 saturated heterocycles. The highest BCUT2D eigenvalue weighted by Crippen LogP contribution is 2.45. The first-order valence-corrected chi connectivity index (χ1v) is 12.4. The molecule has 0 radical (unpaired) electrons. The number of hydrogen-bond donors (Lipinski definition) is 0.